The summed E-state index contributed by atoms with van der Waals surface area (Å²) >= 11 is 0. The lowest BCUT2D eigenvalue weighted by Gasteiger charge is -1.95. The monoisotopic (exact) mass is 124 g/mol. The first-order chi connectivity index (χ1) is 4.34. The Morgan fingerprint density at radius 2 is 2.67 bits per heavy atom. The third-order valence-corrected chi connectivity index (χ3v) is 0.910. The summed E-state index contributed by atoms with van der Waals surface area (Å²) in [6.07, 6.45) is 3.08. The van der Waals surface area contributed by atoms with Crippen LogP contribution in [0.25, 0.3) is 0 Å². The number of nitrogens with zero attached hydrogens (tertiary/aromatic N) is 2. The molecule has 47 valence electrons. The van der Waals surface area contributed by atoms with E-state index in [4.69, 9.17) is 5.11 Å². The summed E-state index contributed by atoms with van der Waals surface area (Å²) < 4.78 is 0. The molecule has 2 N–H and O–H groups in total. The fourth-order valence-electron chi connectivity index (χ4n) is 0.433. The molecule has 0 fully saturated rings. The summed E-state index contributed by atoms with van der Waals surface area (Å²) in [5.41, 5.74) is 0.435. The van der Waals surface area contributed by atoms with Crippen LogP contribution in [0, 0.1) is 6.20 Å². The molecule has 0 amide bonds. The molecule has 1 radical (unpaired) electrons. The molecule has 1 atom stereocenters. The molecule has 0 aliphatic carbocycles. The Hall–Kier alpha value is -1.16. The maximum atomic E-state index is 8.96. The highest BCUT2D eigenvalue weighted by Gasteiger charge is 2.02. The van der Waals surface area contributed by atoms with Crippen molar-refractivity contribution in [2.45, 2.75) is 6.10 Å². The number of hydrogen-bond donors (Lipinski definition) is 2. The largest absolute Gasteiger partial charge is 0.383 e. The van der Waals surface area contributed by atoms with Gasteiger partial charge in [0.05, 0.1) is 5.69 Å². The molecule has 0 spiro atoms. The highest BCUT2D eigenvalue weighted by atomic mass is 16.3. The van der Waals surface area contributed by atoms with E-state index in [-0.39, 0.29) is 0 Å². The first-order valence-corrected chi connectivity index (χ1v) is 2.44. The molecule has 4 nitrogen and oxygen atoms in total. The molecule has 1 aromatic rings. The van der Waals surface area contributed by atoms with E-state index in [9.17, 15) is 0 Å². The Kier molecular flexibility index (Phi) is 1.60. The van der Waals surface area contributed by atoms with Gasteiger partial charge in [0.25, 0.3) is 0 Å². The van der Waals surface area contributed by atoms with Crippen LogP contribution in [0.5, 0.6) is 0 Å². The van der Waals surface area contributed by atoms with E-state index in [0.29, 0.717) is 5.69 Å². The van der Waals surface area contributed by atoms with Gasteiger partial charge in [-0.2, -0.15) is 0 Å². The van der Waals surface area contributed by atoms with Crippen molar-refractivity contribution in [2.75, 3.05) is 0 Å². The summed E-state index contributed by atoms with van der Waals surface area (Å²) in [5.74, 6) is 0. The maximum Gasteiger partial charge on any atom is 0.141 e. The Morgan fingerprint density at radius 3 is 3.11 bits per heavy atom. The third kappa shape index (κ3) is 1.14. The Balaban J connectivity index is 2.76. The molecule has 0 aromatic carbocycles. The molecule has 9 heavy (non-hydrogen) atoms. The number of aliphatic hydroxyl groups excluding tert-OH is 1. The van der Waals surface area contributed by atoms with E-state index in [1.807, 2.05) is 0 Å². The SMILES string of the molecule is C=CC(O)c1[c]nn[nH]1. The molecule has 0 saturated heterocycles. The maximum absolute atomic E-state index is 8.96. The second kappa shape index (κ2) is 2.41. The van der Waals surface area contributed by atoms with Gasteiger partial charge in [0.2, 0.25) is 0 Å². The van der Waals surface area contributed by atoms with Crippen molar-refractivity contribution in [2.24, 2.45) is 0 Å². The summed E-state index contributed by atoms with van der Waals surface area (Å²) in [7, 11) is 0. The molecular weight excluding hydrogens is 118 g/mol. The zero-order valence-electron chi connectivity index (χ0n) is 4.70. The predicted octanol–water partition coefficient (Wildman–Crippen LogP) is -0.176. The average Bonchev–Trinajstić information content (AvgIpc) is 2.37. The van der Waals surface area contributed by atoms with Gasteiger partial charge in [0.1, 0.15) is 12.3 Å². The Bertz CT molecular complexity index is 182. The van der Waals surface area contributed by atoms with Gasteiger partial charge in [-0.3, -0.25) is 5.10 Å². The van der Waals surface area contributed by atoms with Gasteiger partial charge < -0.3 is 5.11 Å². The molecule has 0 aliphatic rings. The van der Waals surface area contributed by atoms with Crippen molar-refractivity contribution in [3.8, 4) is 0 Å². The molecule has 1 aromatic heterocycles. The number of aromatic nitrogens is 3. The van der Waals surface area contributed by atoms with Crippen LogP contribution in [-0.4, -0.2) is 20.5 Å². The molecule has 4 heteroatoms. The van der Waals surface area contributed by atoms with Crippen LogP contribution in [-0.2, 0) is 0 Å². The third-order valence-electron chi connectivity index (χ3n) is 0.910. The van der Waals surface area contributed by atoms with Crippen molar-refractivity contribution < 1.29 is 5.11 Å². The average molecular weight is 124 g/mol. The Morgan fingerprint density at radius 1 is 1.89 bits per heavy atom. The van der Waals surface area contributed by atoms with Crippen molar-refractivity contribution >= 4 is 0 Å². The first kappa shape index (κ1) is 5.97. The number of aromatic amines is 1. The number of hydrogen-bond acceptors (Lipinski definition) is 3. The van der Waals surface area contributed by atoms with Crippen molar-refractivity contribution in [1.29, 1.82) is 0 Å². The molecule has 1 unspecified atom stereocenters. The minimum Gasteiger partial charge on any atom is -0.383 e. The van der Waals surface area contributed by atoms with E-state index in [2.05, 4.69) is 28.2 Å². The van der Waals surface area contributed by atoms with Crippen LogP contribution in [0.3, 0.4) is 0 Å². The van der Waals surface area contributed by atoms with E-state index in [0.717, 1.165) is 0 Å². The lowest BCUT2D eigenvalue weighted by Crippen LogP contribution is -1.91. The van der Waals surface area contributed by atoms with Crippen LogP contribution in [0.1, 0.15) is 11.8 Å². The minimum atomic E-state index is -0.736. The summed E-state index contributed by atoms with van der Waals surface area (Å²) in [4.78, 5) is 0. The van der Waals surface area contributed by atoms with Gasteiger partial charge in [0, 0.05) is 0 Å². The van der Waals surface area contributed by atoms with Crippen molar-refractivity contribution in [3.63, 3.8) is 0 Å². The number of nitrogens with one attached hydrogen (secondary N) is 1. The molecule has 0 bridgehead atoms. The second-order valence-electron chi connectivity index (χ2n) is 1.52. The predicted molar refractivity (Wildman–Crippen MR) is 30.4 cm³/mol. The van der Waals surface area contributed by atoms with E-state index in [1.165, 1.54) is 6.08 Å². The van der Waals surface area contributed by atoms with Crippen molar-refractivity contribution in [1.82, 2.24) is 15.4 Å². The van der Waals surface area contributed by atoms with Crippen molar-refractivity contribution in [3.05, 3.63) is 24.5 Å². The topological polar surface area (TPSA) is 61.8 Å². The van der Waals surface area contributed by atoms with Crippen LogP contribution >= 0.6 is 0 Å². The van der Waals surface area contributed by atoms with Crippen LogP contribution in [0.4, 0.5) is 0 Å². The summed E-state index contributed by atoms with van der Waals surface area (Å²) in [6.45, 7) is 3.37. The van der Waals surface area contributed by atoms with Gasteiger partial charge in [-0.25, -0.2) is 0 Å². The number of rotatable bonds is 2. The number of aliphatic hydroxyl groups is 1. The molecule has 1 heterocycles. The normalized spacial score (nSPS) is 13.0. The minimum absolute atomic E-state index is 0.435. The zero-order valence-corrected chi connectivity index (χ0v) is 4.70. The highest BCUT2D eigenvalue weighted by Crippen LogP contribution is 2.05. The fourth-order valence-corrected chi connectivity index (χ4v) is 0.433. The molecule has 0 aliphatic heterocycles. The van der Waals surface area contributed by atoms with Gasteiger partial charge in [-0.05, 0) is 0 Å². The zero-order chi connectivity index (χ0) is 6.69. The quantitative estimate of drug-likeness (QED) is 0.538. The highest BCUT2D eigenvalue weighted by molar-refractivity contribution is 5.01. The van der Waals surface area contributed by atoms with E-state index in [1.54, 1.807) is 0 Å². The van der Waals surface area contributed by atoms with E-state index >= 15 is 0 Å². The van der Waals surface area contributed by atoms with Gasteiger partial charge in [0.15, 0.2) is 0 Å². The van der Waals surface area contributed by atoms with Crippen LogP contribution in [0.15, 0.2) is 12.7 Å². The van der Waals surface area contributed by atoms with E-state index < -0.39 is 6.10 Å². The molecule has 1 rings (SSSR count). The standard InChI is InChI=1S/C5H6N3O/c1-2-5(9)4-3-6-8-7-4/h2,5,9H,1H2,(H,6,7,8). The van der Waals surface area contributed by atoms with Gasteiger partial charge in [-0.1, -0.05) is 11.3 Å². The first-order valence-electron chi connectivity index (χ1n) is 2.44. The molecular formula is C5H6N3O. The van der Waals surface area contributed by atoms with Gasteiger partial charge >= 0.3 is 0 Å². The smallest absolute Gasteiger partial charge is 0.141 e. The Labute approximate surface area is 52.2 Å². The van der Waals surface area contributed by atoms with Crippen LogP contribution < -0.4 is 0 Å². The summed E-state index contributed by atoms with van der Waals surface area (Å²) in [6, 6.07) is 0. The summed E-state index contributed by atoms with van der Waals surface area (Å²) in [5, 5.41) is 18.1. The lowest BCUT2D eigenvalue weighted by molar-refractivity contribution is 0.223. The lowest BCUT2D eigenvalue weighted by atomic mass is 10.3. The fraction of sp³-hybridized carbons (Fsp3) is 0.200. The van der Waals surface area contributed by atoms with Crippen LogP contribution in [0.2, 0.25) is 0 Å². The molecule has 0 saturated carbocycles. The van der Waals surface area contributed by atoms with Gasteiger partial charge in [-0.15, -0.1) is 11.7 Å². The second-order valence-corrected chi connectivity index (χ2v) is 1.52. The number of H-pyrrole nitrogens is 1.